The van der Waals surface area contributed by atoms with Crippen molar-refractivity contribution in [1.82, 2.24) is 0 Å². The Hall–Kier alpha value is -1.69. The molecule has 0 spiro atoms. The summed E-state index contributed by atoms with van der Waals surface area (Å²) in [6.07, 6.45) is -1.88. The highest BCUT2D eigenvalue weighted by Gasteiger charge is 2.08. The van der Waals surface area contributed by atoms with Gasteiger partial charge in [0.1, 0.15) is 5.82 Å². The third kappa shape index (κ3) is 3.17. The van der Waals surface area contributed by atoms with Crippen molar-refractivity contribution < 1.29 is 13.2 Å². The average molecular weight is 217 g/mol. The van der Waals surface area contributed by atoms with Crippen molar-refractivity contribution >= 4 is 5.69 Å². The number of alkyl halides is 2. The highest BCUT2D eigenvalue weighted by atomic mass is 19.3. The van der Waals surface area contributed by atoms with Gasteiger partial charge >= 0.3 is 0 Å². The summed E-state index contributed by atoms with van der Waals surface area (Å²) >= 11 is 0. The van der Waals surface area contributed by atoms with Crippen LogP contribution in [0.5, 0.6) is 0 Å². The lowest BCUT2D eigenvalue weighted by Crippen LogP contribution is -2.27. The molecule has 0 aliphatic heterocycles. The van der Waals surface area contributed by atoms with Crippen LogP contribution in [-0.4, -0.2) is 6.43 Å². The van der Waals surface area contributed by atoms with E-state index in [-0.39, 0.29) is 0 Å². The molecule has 0 amide bonds. The van der Waals surface area contributed by atoms with Crippen LogP contribution in [0, 0.1) is 5.82 Å². The molecular weight excluding hydrogens is 207 g/mol. The smallest absolute Gasteiger partial charge is 0.279 e. The second-order valence-electron chi connectivity index (χ2n) is 2.81. The van der Waals surface area contributed by atoms with E-state index in [0.717, 1.165) is 11.2 Å². The van der Waals surface area contributed by atoms with Crippen LogP contribution >= 0.6 is 0 Å². The Kier molecular flexibility index (Phi) is 3.56. The topological polar surface area (TPSA) is 55.3 Å². The lowest BCUT2D eigenvalue weighted by Gasteiger charge is -2.14. The molecule has 0 aliphatic carbocycles. The van der Waals surface area contributed by atoms with E-state index in [0.29, 0.717) is 5.69 Å². The van der Waals surface area contributed by atoms with Gasteiger partial charge in [0.05, 0.1) is 11.4 Å². The number of allylic oxidation sites excluding steroid dienone is 1. The molecule has 0 unspecified atom stereocenters. The van der Waals surface area contributed by atoms with E-state index in [1.165, 1.54) is 24.3 Å². The van der Waals surface area contributed by atoms with Gasteiger partial charge in [-0.2, -0.15) is 0 Å². The zero-order valence-electron chi connectivity index (χ0n) is 7.70. The first-order chi connectivity index (χ1) is 7.00. The normalized spacial score (nSPS) is 11.9. The van der Waals surface area contributed by atoms with Gasteiger partial charge in [0.2, 0.25) is 0 Å². The summed E-state index contributed by atoms with van der Waals surface area (Å²) in [7, 11) is 0. The molecule has 15 heavy (non-hydrogen) atoms. The van der Waals surface area contributed by atoms with E-state index < -0.39 is 17.9 Å². The van der Waals surface area contributed by atoms with Gasteiger partial charge in [0.15, 0.2) is 0 Å². The van der Waals surface area contributed by atoms with E-state index in [4.69, 9.17) is 11.6 Å². The lowest BCUT2D eigenvalue weighted by atomic mass is 10.3. The van der Waals surface area contributed by atoms with Crippen molar-refractivity contribution in [2.75, 3.05) is 5.01 Å². The molecule has 0 saturated heterocycles. The van der Waals surface area contributed by atoms with Gasteiger partial charge in [-0.1, -0.05) is 0 Å². The molecule has 1 aromatic rings. The molecule has 0 aromatic heterocycles. The molecular formula is C9H10F3N3. The number of hydrogen-bond acceptors (Lipinski definition) is 3. The van der Waals surface area contributed by atoms with Crippen LogP contribution in [0.1, 0.15) is 0 Å². The number of halogens is 3. The predicted octanol–water partition coefficient (Wildman–Crippen LogP) is 1.57. The molecule has 0 saturated carbocycles. The van der Waals surface area contributed by atoms with Gasteiger partial charge < -0.3 is 5.73 Å². The van der Waals surface area contributed by atoms with Crippen LogP contribution in [-0.2, 0) is 0 Å². The van der Waals surface area contributed by atoms with Crippen LogP contribution in [0.3, 0.4) is 0 Å². The molecule has 1 rings (SSSR count). The second-order valence-corrected chi connectivity index (χ2v) is 2.81. The summed E-state index contributed by atoms with van der Waals surface area (Å²) < 4.78 is 36.6. The zero-order chi connectivity index (χ0) is 11.4. The molecule has 3 nitrogen and oxygen atoms in total. The summed E-state index contributed by atoms with van der Waals surface area (Å²) in [5, 5.41) is 0.904. The minimum Gasteiger partial charge on any atom is -0.396 e. The molecule has 0 atom stereocenters. The number of nitrogens with two attached hydrogens (primary N) is 2. The quantitative estimate of drug-likeness (QED) is 0.597. The van der Waals surface area contributed by atoms with Crippen LogP contribution < -0.4 is 16.6 Å². The first-order valence-electron chi connectivity index (χ1n) is 4.05. The van der Waals surface area contributed by atoms with Gasteiger partial charge in [-0.25, -0.2) is 19.0 Å². The molecule has 0 aliphatic rings. The minimum atomic E-state index is -2.77. The third-order valence-electron chi connectivity index (χ3n) is 1.66. The van der Waals surface area contributed by atoms with E-state index in [1.54, 1.807) is 0 Å². The Bertz CT molecular complexity index is 348. The highest BCUT2D eigenvalue weighted by molar-refractivity contribution is 5.47. The predicted molar refractivity (Wildman–Crippen MR) is 51.3 cm³/mol. The third-order valence-corrected chi connectivity index (χ3v) is 1.66. The summed E-state index contributed by atoms with van der Waals surface area (Å²) in [5.41, 5.74) is 4.71. The molecule has 82 valence electrons. The van der Waals surface area contributed by atoms with Crippen LogP contribution in [0.25, 0.3) is 0 Å². The van der Waals surface area contributed by atoms with Crippen molar-refractivity contribution in [2.45, 2.75) is 6.43 Å². The molecule has 4 N–H and O–H groups in total. The van der Waals surface area contributed by atoms with Crippen molar-refractivity contribution in [3.05, 3.63) is 42.0 Å². The van der Waals surface area contributed by atoms with Gasteiger partial charge in [-0.05, 0) is 24.3 Å². The average Bonchev–Trinajstić information content (AvgIpc) is 2.18. The first-order valence-corrected chi connectivity index (χ1v) is 4.05. The highest BCUT2D eigenvalue weighted by Crippen LogP contribution is 2.13. The molecule has 0 radical (unpaired) electrons. The van der Waals surface area contributed by atoms with E-state index in [2.05, 4.69) is 0 Å². The molecule has 0 bridgehead atoms. The fourth-order valence-corrected chi connectivity index (χ4v) is 0.905. The second kappa shape index (κ2) is 4.70. The minimum absolute atomic E-state index is 0.361. The summed E-state index contributed by atoms with van der Waals surface area (Å²) in [6.45, 7) is 0. The molecule has 6 heteroatoms. The fourth-order valence-electron chi connectivity index (χ4n) is 0.905. The Labute approximate surface area is 84.7 Å². The van der Waals surface area contributed by atoms with E-state index >= 15 is 0 Å². The Morgan fingerprint density at radius 3 is 2.27 bits per heavy atom. The maximum Gasteiger partial charge on any atom is 0.279 e. The molecule has 0 fully saturated rings. The van der Waals surface area contributed by atoms with Crippen LogP contribution in [0.15, 0.2) is 36.2 Å². The number of rotatable bonds is 3. The van der Waals surface area contributed by atoms with E-state index in [9.17, 15) is 13.2 Å². The van der Waals surface area contributed by atoms with Gasteiger partial charge in [0.25, 0.3) is 6.43 Å². The van der Waals surface area contributed by atoms with Crippen LogP contribution in [0.2, 0.25) is 0 Å². The Morgan fingerprint density at radius 2 is 1.80 bits per heavy atom. The fraction of sp³-hybridized carbons (Fsp3) is 0.111. The maximum absolute atomic E-state index is 12.5. The molecule has 0 heterocycles. The summed E-state index contributed by atoms with van der Waals surface area (Å²) in [6, 6.07) is 5.04. The zero-order valence-corrected chi connectivity index (χ0v) is 7.70. The van der Waals surface area contributed by atoms with Crippen molar-refractivity contribution in [2.24, 2.45) is 11.6 Å². The monoisotopic (exact) mass is 217 g/mol. The first kappa shape index (κ1) is 11.4. The number of anilines is 1. The van der Waals surface area contributed by atoms with Crippen LogP contribution in [0.4, 0.5) is 18.9 Å². The van der Waals surface area contributed by atoms with E-state index in [1.807, 2.05) is 0 Å². The number of nitrogens with zero attached hydrogens (tertiary/aromatic N) is 1. The van der Waals surface area contributed by atoms with Crippen molar-refractivity contribution in [3.63, 3.8) is 0 Å². The summed E-state index contributed by atoms with van der Waals surface area (Å²) in [5.74, 6) is 4.97. The van der Waals surface area contributed by atoms with Crippen molar-refractivity contribution in [3.8, 4) is 0 Å². The Morgan fingerprint density at radius 1 is 1.27 bits per heavy atom. The largest absolute Gasteiger partial charge is 0.396 e. The standard InChI is InChI=1S/C9H10F3N3/c10-6-1-3-7(4-2-6)15(14)5-8(13)9(11)12/h1-5,9H,13-14H2/b8-5-. The van der Waals surface area contributed by atoms with Crippen molar-refractivity contribution in [1.29, 1.82) is 0 Å². The molecule has 1 aromatic carbocycles. The number of hydrazine groups is 1. The van der Waals surface area contributed by atoms with Gasteiger partial charge in [-0.15, -0.1) is 0 Å². The van der Waals surface area contributed by atoms with Gasteiger partial charge in [-0.3, -0.25) is 5.01 Å². The maximum atomic E-state index is 12.5. The van der Waals surface area contributed by atoms with Gasteiger partial charge in [0, 0.05) is 6.20 Å². The number of benzene rings is 1. The summed E-state index contributed by atoms with van der Waals surface area (Å²) in [4.78, 5) is 0. The SMILES string of the molecule is N/C(=C\N(N)c1ccc(F)cc1)C(F)F. The Balaban J connectivity index is 2.81. The lowest BCUT2D eigenvalue weighted by molar-refractivity contribution is 0.187. The number of hydrogen-bond donors (Lipinski definition) is 2.